The van der Waals surface area contributed by atoms with Crippen LogP contribution in [-0.4, -0.2) is 29.7 Å². The van der Waals surface area contributed by atoms with Crippen LogP contribution in [0.2, 0.25) is 5.02 Å². The Balaban J connectivity index is 1.96. The first-order chi connectivity index (χ1) is 9.33. The number of benzene rings is 1. The molecule has 0 radical (unpaired) electrons. The molecule has 1 aliphatic heterocycles. The fourth-order valence-electron chi connectivity index (χ4n) is 2.17. The van der Waals surface area contributed by atoms with Crippen molar-refractivity contribution in [2.45, 2.75) is 6.04 Å². The van der Waals surface area contributed by atoms with Crippen molar-refractivity contribution in [1.29, 1.82) is 0 Å². The van der Waals surface area contributed by atoms with Gasteiger partial charge in [0, 0.05) is 29.5 Å². The van der Waals surface area contributed by atoms with Gasteiger partial charge in [0.05, 0.1) is 19.3 Å². The van der Waals surface area contributed by atoms with Crippen molar-refractivity contribution in [3.63, 3.8) is 0 Å². The molecule has 1 atom stereocenters. The van der Waals surface area contributed by atoms with Gasteiger partial charge in [-0.3, -0.25) is 0 Å². The van der Waals surface area contributed by atoms with Gasteiger partial charge in [-0.1, -0.05) is 11.6 Å². The van der Waals surface area contributed by atoms with E-state index >= 15 is 0 Å². The van der Waals surface area contributed by atoms with Gasteiger partial charge in [0.15, 0.2) is 5.82 Å². The zero-order valence-corrected chi connectivity index (χ0v) is 11.1. The summed E-state index contributed by atoms with van der Waals surface area (Å²) in [6.45, 7) is 2.27. The summed E-state index contributed by atoms with van der Waals surface area (Å²) < 4.78 is 5.49. The molecular formula is C14H14ClN3O. The number of rotatable bonds is 2. The Bertz CT molecular complexity index is 556. The summed E-state index contributed by atoms with van der Waals surface area (Å²) in [5.74, 6) is 0.683. The highest BCUT2D eigenvalue weighted by atomic mass is 35.5. The van der Waals surface area contributed by atoms with Crippen LogP contribution in [-0.2, 0) is 4.74 Å². The summed E-state index contributed by atoms with van der Waals surface area (Å²) in [6, 6.07) is 7.87. The molecule has 0 bridgehead atoms. The molecule has 1 N–H and O–H groups in total. The Labute approximate surface area is 116 Å². The Morgan fingerprint density at radius 1 is 1.21 bits per heavy atom. The molecule has 1 unspecified atom stereocenters. The highest BCUT2D eigenvalue weighted by Crippen LogP contribution is 2.26. The Hall–Kier alpha value is -1.49. The predicted molar refractivity (Wildman–Crippen MR) is 74.0 cm³/mol. The minimum absolute atomic E-state index is 0.176. The van der Waals surface area contributed by atoms with Gasteiger partial charge in [0.1, 0.15) is 0 Å². The first-order valence-corrected chi connectivity index (χ1v) is 6.60. The van der Waals surface area contributed by atoms with E-state index in [1.807, 2.05) is 12.1 Å². The third-order valence-electron chi connectivity index (χ3n) is 3.07. The summed E-state index contributed by atoms with van der Waals surface area (Å²) in [5.41, 5.74) is 2.03. The molecular weight excluding hydrogens is 262 g/mol. The van der Waals surface area contributed by atoms with Gasteiger partial charge in [-0.05, 0) is 29.8 Å². The van der Waals surface area contributed by atoms with Gasteiger partial charge in [0.2, 0.25) is 0 Å². The SMILES string of the molecule is Clc1cc(-c2ncccn2)cc(C2COCCN2)c1. The van der Waals surface area contributed by atoms with E-state index in [9.17, 15) is 0 Å². The molecule has 0 spiro atoms. The van der Waals surface area contributed by atoms with Gasteiger partial charge in [-0.2, -0.15) is 0 Å². The number of nitrogens with zero attached hydrogens (tertiary/aromatic N) is 2. The third kappa shape index (κ3) is 2.92. The maximum Gasteiger partial charge on any atom is 0.159 e. The molecule has 0 saturated carbocycles. The van der Waals surface area contributed by atoms with Gasteiger partial charge >= 0.3 is 0 Å². The van der Waals surface area contributed by atoms with Gasteiger partial charge in [-0.15, -0.1) is 0 Å². The van der Waals surface area contributed by atoms with E-state index < -0.39 is 0 Å². The van der Waals surface area contributed by atoms with Crippen LogP contribution in [0.15, 0.2) is 36.7 Å². The van der Waals surface area contributed by atoms with Crippen LogP contribution in [0.4, 0.5) is 0 Å². The fraction of sp³-hybridized carbons (Fsp3) is 0.286. The average Bonchev–Trinajstić information content (AvgIpc) is 2.48. The van der Waals surface area contributed by atoms with Crippen LogP contribution >= 0.6 is 11.6 Å². The van der Waals surface area contributed by atoms with E-state index in [0.717, 1.165) is 24.3 Å². The summed E-state index contributed by atoms with van der Waals surface area (Å²) in [6.07, 6.45) is 3.45. The molecule has 1 aromatic heterocycles. The number of hydrogen-bond acceptors (Lipinski definition) is 4. The lowest BCUT2D eigenvalue weighted by molar-refractivity contribution is 0.0769. The summed E-state index contributed by atoms with van der Waals surface area (Å²) >= 11 is 6.19. The van der Waals surface area contributed by atoms with E-state index in [0.29, 0.717) is 17.5 Å². The molecule has 19 heavy (non-hydrogen) atoms. The summed E-state index contributed by atoms with van der Waals surface area (Å²) in [5, 5.41) is 4.10. The van der Waals surface area contributed by atoms with E-state index in [1.165, 1.54) is 0 Å². The Kier molecular flexibility index (Phi) is 3.73. The largest absolute Gasteiger partial charge is 0.378 e. The summed E-state index contributed by atoms with van der Waals surface area (Å²) in [7, 11) is 0. The molecule has 0 amide bonds. The lowest BCUT2D eigenvalue weighted by Gasteiger charge is -2.24. The lowest BCUT2D eigenvalue weighted by atomic mass is 10.0. The minimum Gasteiger partial charge on any atom is -0.378 e. The molecule has 98 valence electrons. The lowest BCUT2D eigenvalue weighted by Crippen LogP contribution is -2.34. The van der Waals surface area contributed by atoms with Crippen molar-refractivity contribution in [2.75, 3.05) is 19.8 Å². The molecule has 5 heteroatoms. The maximum absolute atomic E-state index is 6.19. The number of morpholine rings is 1. The normalized spacial score (nSPS) is 19.3. The first-order valence-electron chi connectivity index (χ1n) is 6.22. The van der Waals surface area contributed by atoms with Gasteiger partial charge < -0.3 is 10.1 Å². The molecule has 0 aliphatic carbocycles. The number of aromatic nitrogens is 2. The van der Waals surface area contributed by atoms with Crippen molar-refractivity contribution in [2.24, 2.45) is 0 Å². The van der Waals surface area contributed by atoms with E-state index in [2.05, 4.69) is 21.4 Å². The monoisotopic (exact) mass is 275 g/mol. The van der Waals surface area contributed by atoms with E-state index in [-0.39, 0.29) is 6.04 Å². The van der Waals surface area contributed by atoms with Crippen LogP contribution in [0.1, 0.15) is 11.6 Å². The Morgan fingerprint density at radius 2 is 2.05 bits per heavy atom. The molecule has 1 saturated heterocycles. The third-order valence-corrected chi connectivity index (χ3v) is 3.29. The molecule has 2 heterocycles. The van der Waals surface area contributed by atoms with E-state index in [4.69, 9.17) is 16.3 Å². The van der Waals surface area contributed by atoms with Gasteiger partial charge in [0.25, 0.3) is 0 Å². The second-order valence-electron chi connectivity index (χ2n) is 4.43. The van der Waals surface area contributed by atoms with Crippen LogP contribution < -0.4 is 5.32 Å². The standard InChI is InChI=1S/C14H14ClN3O/c15-12-7-10(13-9-19-5-4-16-13)6-11(8-12)14-17-2-1-3-18-14/h1-3,6-8,13,16H,4-5,9H2. The minimum atomic E-state index is 0.176. The van der Waals surface area contributed by atoms with Crippen molar-refractivity contribution in [3.8, 4) is 11.4 Å². The average molecular weight is 276 g/mol. The van der Waals surface area contributed by atoms with Crippen LogP contribution in [0.5, 0.6) is 0 Å². The van der Waals surface area contributed by atoms with Crippen LogP contribution in [0.25, 0.3) is 11.4 Å². The highest BCUT2D eigenvalue weighted by Gasteiger charge is 2.16. The molecule has 1 aromatic carbocycles. The molecule has 3 rings (SSSR count). The quantitative estimate of drug-likeness (QED) is 0.915. The number of halogens is 1. The molecule has 2 aromatic rings. The van der Waals surface area contributed by atoms with Crippen molar-refractivity contribution in [1.82, 2.24) is 15.3 Å². The fourth-order valence-corrected chi connectivity index (χ4v) is 2.41. The highest BCUT2D eigenvalue weighted by molar-refractivity contribution is 6.30. The first kappa shape index (κ1) is 12.5. The number of ether oxygens (including phenoxy) is 1. The summed E-state index contributed by atoms with van der Waals surface area (Å²) in [4.78, 5) is 8.51. The Morgan fingerprint density at radius 3 is 2.79 bits per heavy atom. The predicted octanol–water partition coefficient (Wildman–Crippen LogP) is 2.46. The van der Waals surface area contributed by atoms with Crippen molar-refractivity contribution >= 4 is 11.6 Å². The zero-order chi connectivity index (χ0) is 13.1. The maximum atomic E-state index is 6.19. The van der Waals surface area contributed by atoms with Crippen molar-refractivity contribution < 1.29 is 4.74 Å². The second kappa shape index (κ2) is 5.65. The number of hydrogen-bond donors (Lipinski definition) is 1. The molecule has 4 nitrogen and oxygen atoms in total. The molecule has 1 fully saturated rings. The smallest absolute Gasteiger partial charge is 0.159 e. The van der Waals surface area contributed by atoms with E-state index in [1.54, 1.807) is 18.5 Å². The van der Waals surface area contributed by atoms with Crippen LogP contribution in [0, 0.1) is 0 Å². The number of nitrogens with one attached hydrogen (secondary N) is 1. The zero-order valence-electron chi connectivity index (χ0n) is 10.3. The van der Waals surface area contributed by atoms with Crippen LogP contribution in [0.3, 0.4) is 0 Å². The van der Waals surface area contributed by atoms with Crippen molar-refractivity contribution in [3.05, 3.63) is 47.2 Å². The second-order valence-corrected chi connectivity index (χ2v) is 4.86. The topological polar surface area (TPSA) is 47.0 Å². The van der Waals surface area contributed by atoms with Gasteiger partial charge in [-0.25, -0.2) is 9.97 Å². The molecule has 1 aliphatic rings.